The molecule has 0 aliphatic heterocycles. The topological polar surface area (TPSA) is 51.1 Å². The summed E-state index contributed by atoms with van der Waals surface area (Å²) in [7, 11) is 4.88. The second-order valence-electron chi connectivity index (χ2n) is 6.08. The Morgan fingerprint density at radius 2 is 1.84 bits per heavy atom. The minimum absolute atomic E-state index is 0.0231. The monoisotopic (exact) mass is 338 g/mol. The number of carbonyl (C=O) groups is 1. The van der Waals surface area contributed by atoms with Gasteiger partial charge in [-0.05, 0) is 41.7 Å². The molecule has 1 fully saturated rings. The molecule has 1 aliphatic carbocycles. The summed E-state index contributed by atoms with van der Waals surface area (Å²) in [5.74, 6) is 1.67. The van der Waals surface area contributed by atoms with E-state index >= 15 is 0 Å². The Hall–Kier alpha value is -2.82. The Kier molecular flexibility index (Phi) is 5.03. The first-order valence-corrected chi connectivity index (χ1v) is 8.22. The predicted molar refractivity (Wildman–Crippen MR) is 97.2 cm³/mol. The molecule has 0 heterocycles. The van der Waals surface area contributed by atoms with Gasteiger partial charge in [0, 0.05) is 13.0 Å². The molecule has 25 heavy (non-hydrogen) atoms. The fourth-order valence-electron chi connectivity index (χ4n) is 2.92. The Morgan fingerprint density at radius 1 is 1.12 bits per heavy atom. The maximum absolute atomic E-state index is 12.5. The molecule has 2 aromatic rings. The molecule has 2 atom stereocenters. The highest BCUT2D eigenvalue weighted by molar-refractivity contribution is 5.86. The average molecular weight is 338 g/mol. The van der Waals surface area contributed by atoms with E-state index in [0.29, 0.717) is 17.4 Å². The lowest BCUT2D eigenvalue weighted by atomic mass is 10.1. The van der Waals surface area contributed by atoms with Gasteiger partial charge in [0.2, 0.25) is 5.91 Å². The number of benzene rings is 2. The summed E-state index contributed by atoms with van der Waals surface area (Å²) in [4.78, 5) is 12.5. The molecule has 1 saturated carbocycles. The molecule has 5 nitrogen and oxygen atoms in total. The largest absolute Gasteiger partial charge is 0.493 e. The summed E-state index contributed by atoms with van der Waals surface area (Å²) in [6.07, 6.45) is 2.54. The van der Waals surface area contributed by atoms with Crippen molar-refractivity contribution in [2.24, 2.45) is 11.0 Å². The van der Waals surface area contributed by atoms with Crippen molar-refractivity contribution in [3.63, 3.8) is 0 Å². The molecule has 0 aromatic heterocycles. The van der Waals surface area contributed by atoms with E-state index in [1.54, 1.807) is 27.5 Å². The smallest absolute Gasteiger partial charge is 0.246 e. The second-order valence-corrected chi connectivity index (χ2v) is 6.08. The van der Waals surface area contributed by atoms with E-state index in [1.165, 1.54) is 10.6 Å². The lowest BCUT2D eigenvalue weighted by Crippen LogP contribution is -2.23. The second kappa shape index (κ2) is 7.38. The van der Waals surface area contributed by atoms with Crippen molar-refractivity contribution >= 4 is 12.1 Å². The van der Waals surface area contributed by atoms with Crippen LogP contribution in [0.2, 0.25) is 0 Å². The Bertz CT molecular complexity index is 774. The zero-order valence-corrected chi connectivity index (χ0v) is 14.7. The molecule has 2 aromatic carbocycles. The van der Waals surface area contributed by atoms with Gasteiger partial charge in [-0.15, -0.1) is 0 Å². The number of amides is 1. The zero-order chi connectivity index (χ0) is 17.8. The molecule has 3 rings (SSSR count). The van der Waals surface area contributed by atoms with Gasteiger partial charge in [0.1, 0.15) is 0 Å². The summed E-state index contributed by atoms with van der Waals surface area (Å²) in [5.41, 5.74) is 2.06. The molecule has 0 spiro atoms. The van der Waals surface area contributed by atoms with Crippen LogP contribution in [-0.2, 0) is 4.79 Å². The van der Waals surface area contributed by atoms with Crippen LogP contribution in [0.15, 0.2) is 53.6 Å². The van der Waals surface area contributed by atoms with Gasteiger partial charge in [0.15, 0.2) is 11.5 Å². The molecule has 5 heteroatoms. The number of ether oxygens (including phenoxy) is 2. The quantitative estimate of drug-likeness (QED) is 0.600. The fourth-order valence-corrected chi connectivity index (χ4v) is 2.92. The molecule has 0 saturated heterocycles. The van der Waals surface area contributed by atoms with Gasteiger partial charge in [-0.3, -0.25) is 4.79 Å². The van der Waals surface area contributed by atoms with Gasteiger partial charge >= 0.3 is 0 Å². The maximum Gasteiger partial charge on any atom is 0.246 e. The van der Waals surface area contributed by atoms with E-state index in [2.05, 4.69) is 17.2 Å². The Morgan fingerprint density at radius 3 is 2.52 bits per heavy atom. The first-order chi connectivity index (χ1) is 12.1. The first-order valence-electron chi connectivity index (χ1n) is 8.22. The summed E-state index contributed by atoms with van der Waals surface area (Å²) < 4.78 is 10.5. The van der Waals surface area contributed by atoms with Gasteiger partial charge in [-0.1, -0.05) is 30.3 Å². The van der Waals surface area contributed by atoms with E-state index in [-0.39, 0.29) is 11.8 Å². The molecule has 0 radical (unpaired) electrons. The van der Waals surface area contributed by atoms with E-state index < -0.39 is 0 Å². The summed E-state index contributed by atoms with van der Waals surface area (Å²) in [5, 5.41) is 5.70. The number of hydrogen-bond acceptors (Lipinski definition) is 4. The van der Waals surface area contributed by atoms with Crippen LogP contribution in [0.4, 0.5) is 0 Å². The lowest BCUT2D eigenvalue weighted by Gasteiger charge is -2.11. The van der Waals surface area contributed by atoms with E-state index in [0.717, 1.165) is 12.0 Å². The van der Waals surface area contributed by atoms with Crippen molar-refractivity contribution in [3.05, 3.63) is 59.7 Å². The number of hydrazone groups is 1. The highest BCUT2D eigenvalue weighted by atomic mass is 16.5. The number of nitrogens with zero attached hydrogens (tertiary/aromatic N) is 2. The molecule has 0 N–H and O–H groups in total. The van der Waals surface area contributed by atoms with Crippen molar-refractivity contribution in [2.75, 3.05) is 21.3 Å². The van der Waals surface area contributed by atoms with Crippen LogP contribution in [0.3, 0.4) is 0 Å². The van der Waals surface area contributed by atoms with Crippen LogP contribution < -0.4 is 9.47 Å². The molecule has 1 amide bonds. The minimum atomic E-state index is 0.0231. The van der Waals surface area contributed by atoms with Crippen molar-refractivity contribution in [1.29, 1.82) is 0 Å². The molecular weight excluding hydrogens is 316 g/mol. The van der Waals surface area contributed by atoms with Crippen LogP contribution in [-0.4, -0.2) is 38.4 Å². The van der Waals surface area contributed by atoms with Crippen molar-refractivity contribution in [2.45, 2.75) is 12.3 Å². The van der Waals surface area contributed by atoms with Crippen LogP contribution in [0, 0.1) is 5.92 Å². The zero-order valence-electron chi connectivity index (χ0n) is 14.7. The number of rotatable bonds is 6. The molecule has 130 valence electrons. The third-order valence-corrected chi connectivity index (χ3v) is 4.44. The van der Waals surface area contributed by atoms with Gasteiger partial charge in [0.05, 0.1) is 20.4 Å². The summed E-state index contributed by atoms with van der Waals surface area (Å²) in [6, 6.07) is 15.7. The third kappa shape index (κ3) is 3.82. The van der Waals surface area contributed by atoms with Gasteiger partial charge in [-0.25, -0.2) is 5.01 Å². The Balaban J connectivity index is 1.63. The predicted octanol–water partition coefficient (Wildman–Crippen LogP) is 3.30. The van der Waals surface area contributed by atoms with Crippen LogP contribution in [0.1, 0.15) is 23.5 Å². The number of hydrogen-bond donors (Lipinski definition) is 0. The summed E-state index contributed by atoms with van der Waals surface area (Å²) in [6.45, 7) is 0. The average Bonchev–Trinajstić information content (AvgIpc) is 3.46. The number of carbonyl (C=O) groups excluding carboxylic acids is 1. The molecule has 1 aliphatic rings. The van der Waals surface area contributed by atoms with Crippen LogP contribution in [0.25, 0.3) is 0 Å². The van der Waals surface area contributed by atoms with Gasteiger partial charge in [0.25, 0.3) is 0 Å². The van der Waals surface area contributed by atoms with E-state index in [4.69, 9.17) is 9.47 Å². The lowest BCUT2D eigenvalue weighted by molar-refractivity contribution is -0.131. The van der Waals surface area contributed by atoms with Gasteiger partial charge in [-0.2, -0.15) is 5.10 Å². The SMILES string of the molecule is COc1ccc(C=NN(C)C(=O)C2CC2c2ccccc2)cc1OC. The van der Waals surface area contributed by atoms with Crippen molar-refractivity contribution in [1.82, 2.24) is 5.01 Å². The highest BCUT2D eigenvalue weighted by Crippen LogP contribution is 2.48. The molecular formula is C20H22N2O3. The molecule has 2 unspecified atom stereocenters. The Labute approximate surface area is 147 Å². The first kappa shape index (κ1) is 17.0. The van der Waals surface area contributed by atoms with Gasteiger partial charge < -0.3 is 9.47 Å². The van der Waals surface area contributed by atoms with Crippen LogP contribution >= 0.6 is 0 Å². The third-order valence-electron chi connectivity index (χ3n) is 4.44. The minimum Gasteiger partial charge on any atom is -0.493 e. The fraction of sp³-hybridized carbons (Fsp3) is 0.300. The summed E-state index contributed by atoms with van der Waals surface area (Å²) >= 11 is 0. The maximum atomic E-state index is 12.5. The van der Waals surface area contributed by atoms with Crippen molar-refractivity contribution in [3.8, 4) is 11.5 Å². The standard InChI is InChI=1S/C20H22N2O3/c1-22(20(23)17-12-16(17)15-7-5-4-6-8-15)21-13-14-9-10-18(24-2)19(11-14)25-3/h4-11,13,16-17H,12H2,1-3H3. The number of methoxy groups -OCH3 is 2. The van der Waals surface area contributed by atoms with E-state index in [9.17, 15) is 4.79 Å². The normalized spacial score (nSPS) is 18.8. The van der Waals surface area contributed by atoms with Crippen molar-refractivity contribution < 1.29 is 14.3 Å². The highest BCUT2D eigenvalue weighted by Gasteiger charge is 2.45. The van der Waals surface area contributed by atoms with Crippen LogP contribution in [0.5, 0.6) is 11.5 Å². The molecule has 0 bridgehead atoms. The van der Waals surface area contributed by atoms with E-state index in [1.807, 2.05) is 36.4 Å².